The van der Waals surface area contributed by atoms with E-state index in [4.69, 9.17) is 9.84 Å². The Hall–Kier alpha value is -2.57. The summed E-state index contributed by atoms with van der Waals surface area (Å²) in [5.41, 5.74) is 0.569. The van der Waals surface area contributed by atoms with Crippen LogP contribution in [0.25, 0.3) is 0 Å². The molecule has 1 aliphatic heterocycles. The number of rotatable bonds is 1. The first-order valence-corrected chi connectivity index (χ1v) is 5.54. The van der Waals surface area contributed by atoms with Crippen LogP contribution in [0.15, 0.2) is 24.3 Å². The Labute approximate surface area is 108 Å². The van der Waals surface area contributed by atoms with Crippen LogP contribution in [-0.4, -0.2) is 42.6 Å². The molecule has 2 rings (SSSR count). The van der Waals surface area contributed by atoms with Crippen molar-refractivity contribution in [2.75, 3.05) is 18.6 Å². The van der Waals surface area contributed by atoms with Gasteiger partial charge in [-0.2, -0.15) is 0 Å². The average molecular weight is 264 g/mol. The summed E-state index contributed by atoms with van der Waals surface area (Å²) >= 11 is 0. The number of carboxylic acid groups (broad SMARTS) is 1. The average Bonchev–Trinajstić information content (AvgIpc) is 2.51. The summed E-state index contributed by atoms with van der Waals surface area (Å²) in [4.78, 5) is 35.0. The Kier molecular flexibility index (Phi) is 3.37. The molecule has 1 aliphatic rings. The number of carbonyl (C=O) groups is 3. The van der Waals surface area contributed by atoms with E-state index in [0.717, 1.165) is 0 Å². The van der Waals surface area contributed by atoms with E-state index in [0.29, 0.717) is 11.4 Å². The molecule has 0 unspecified atom stereocenters. The van der Waals surface area contributed by atoms with Crippen molar-refractivity contribution in [2.24, 2.45) is 0 Å². The van der Waals surface area contributed by atoms with Gasteiger partial charge < -0.3 is 20.1 Å². The summed E-state index contributed by atoms with van der Waals surface area (Å²) in [6.07, 6.45) is 0. The molecule has 1 aromatic carbocycles. The maximum absolute atomic E-state index is 12.1. The molecule has 0 fully saturated rings. The van der Waals surface area contributed by atoms with Gasteiger partial charge in [0.1, 0.15) is 18.4 Å². The first kappa shape index (κ1) is 12.9. The number of hydrogen-bond donors (Lipinski definition) is 2. The monoisotopic (exact) mass is 264 g/mol. The van der Waals surface area contributed by atoms with Crippen LogP contribution < -0.4 is 15.0 Å². The van der Waals surface area contributed by atoms with E-state index in [1.54, 1.807) is 24.3 Å². The van der Waals surface area contributed by atoms with E-state index in [9.17, 15) is 14.4 Å². The highest BCUT2D eigenvalue weighted by molar-refractivity contribution is 6.32. The molecule has 2 amide bonds. The molecule has 100 valence electrons. The minimum atomic E-state index is -1.64. The van der Waals surface area contributed by atoms with E-state index in [1.807, 2.05) is 0 Å². The Morgan fingerprint density at radius 3 is 2.79 bits per heavy atom. The number of amides is 2. The van der Waals surface area contributed by atoms with Gasteiger partial charge in [0.15, 0.2) is 0 Å². The molecule has 0 spiro atoms. The number of carboxylic acids is 1. The highest BCUT2D eigenvalue weighted by Crippen LogP contribution is 2.29. The molecule has 0 saturated heterocycles. The van der Waals surface area contributed by atoms with Crippen LogP contribution >= 0.6 is 0 Å². The fourth-order valence-electron chi connectivity index (χ4n) is 1.78. The molecule has 0 aromatic heterocycles. The van der Waals surface area contributed by atoms with Crippen LogP contribution in [-0.2, 0) is 14.4 Å². The molecule has 0 aliphatic carbocycles. The number of hydrogen-bond acceptors (Lipinski definition) is 4. The lowest BCUT2D eigenvalue weighted by Crippen LogP contribution is -2.51. The lowest BCUT2D eigenvalue weighted by molar-refractivity contribution is -0.151. The first-order valence-electron chi connectivity index (χ1n) is 5.54. The number of nitrogens with one attached hydrogen (secondary N) is 1. The van der Waals surface area contributed by atoms with Crippen molar-refractivity contribution in [1.82, 2.24) is 5.32 Å². The number of likely N-dealkylation sites (N-methyl/N-ethyl adjacent to an activating group) is 1. The molecule has 7 nitrogen and oxygen atoms in total. The quantitative estimate of drug-likeness (QED) is 0.673. The van der Waals surface area contributed by atoms with Gasteiger partial charge in [-0.25, -0.2) is 4.79 Å². The van der Waals surface area contributed by atoms with Gasteiger partial charge in [0, 0.05) is 7.05 Å². The number of para-hydroxylation sites is 2. The zero-order valence-corrected chi connectivity index (χ0v) is 10.1. The molecular weight excluding hydrogens is 252 g/mol. The van der Waals surface area contributed by atoms with E-state index < -0.39 is 23.8 Å². The van der Waals surface area contributed by atoms with Crippen molar-refractivity contribution in [3.05, 3.63) is 24.3 Å². The van der Waals surface area contributed by atoms with Crippen molar-refractivity contribution in [2.45, 2.75) is 6.04 Å². The van der Waals surface area contributed by atoms with Gasteiger partial charge in [-0.3, -0.25) is 9.59 Å². The minimum absolute atomic E-state index is 0.112. The second kappa shape index (κ2) is 4.97. The van der Waals surface area contributed by atoms with Crippen LogP contribution in [0.2, 0.25) is 0 Å². The third-order valence-electron chi connectivity index (χ3n) is 2.76. The van der Waals surface area contributed by atoms with Gasteiger partial charge in [-0.1, -0.05) is 12.1 Å². The third-order valence-corrected chi connectivity index (χ3v) is 2.76. The van der Waals surface area contributed by atoms with Gasteiger partial charge in [-0.15, -0.1) is 0 Å². The van der Waals surface area contributed by atoms with Gasteiger partial charge in [0.05, 0.1) is 5.69 Å². The van der Waals surface area contributed by atoms with Gasteiger partial charge in [0.2, 0.25) is 0 Å². The van der Waals surface area contributed by atoms with E-state index >= 15 is 0 Å². The second-order valence-corrected chi connectivity index (χ2v) is 4.01. The molecule has 1 atom stereocenters. The molecule has 0 saturated carbocycles. The second-order valence-electron chi connectivity index (χ2n) is 4.01. The van der Waals surface area contributed by atoms with Crippen molar-refractivity contribution < 1.29 is 24.2 Å². The lowest BCUT2D eigenvalue weighted by atomic mass is 10.2. The molecule has 7 heteroatoms. The van der Waals surface area contributed by atoms with Crippen molar-refractivity contribution >= 4 is 23.5 Å². The summed E-state index contributed by atoms with van der Waals surface area (Å²) in [6.45, 7) is -0.112. The summed E-state index contributed by atoms with van der Waals surface area (Å²) in [7, 11) is 1.54. The van der Waals surface area contributed by atoms with E-state index in [-0.39, 0.29) is 6.61 Å². The lowest BCUT2D eigenvalue weighted by Gasteiger charge is -2.19. The smallest absolute Gasteiger partial charge is 0.394 e. The SMILES string of the molecule is CN1C(=O)[C@@H](NC(=O)C(=O)O)COc2ccccc21. The maximum atomic E-state index is 12.1. The number of aliphatic carboxylic acids is 1. The molecule has 0 radical (unpaired) electrons. The maximum Gasteiger partial charge on any atom is 0.394 e. The van der Waals surface area contributed by atoms with Crippen LogP contribution in [0, 0.1) is 0 Å². The molecule has 19 heavy (non-hydrogen) atoms. The molecule has 0 bridgehead atoms. The van der Waals surface area contributed by atoms with Crippen molar-refractivity contribution in [3.8, 4) is 5.75 Å². The predicted octanol–water partition coefficient (Wildman–Crippen LogP) is -0.389. The highest BCUT2D eigenvalue weighted by Gasteiger charge is 2.31. The van der Waals surface area contributed by atoms with Crippen molar-refractivity contribution in [1.29, 1.82) is 0 Å². The molecule has 1 aromatic rings. The fourth-order valence-corrected chi connectivity index (χ4v) is 1.78. The van der Waals surface area contributed by atoms with Gasteiger partial charge in [-0.05, 0) is 12.1 Å². The number of benzene rings is 1. The van der Waals surface area contributed by atoms with Crippen molar-refractivity contribution in [3.63, 3.8) is 0 Å². The predicted molar refractivity (Wildman–Crippen MR) is 64.9 cm³/mol. The van der Waals surface area contributed by atoms with E-state index in [2.05, 4.69) is 5.32 Å². The molecule has 2 N–H and O–H groups in total. The largest absolute Gasteiger partial charge is 0.489 e. The Morgan fingerprint density at radius 1 is 1.42 bits per heavy atom. The zero-order chi connectivity index (χ0) is 14.0. The summed E-state index contributed by atoms with van der Waals surface area (Å²) in [5, 5.41) is 10.6. The topological polar surface area (TPSA) is 95.9 Å². The first-order chi connectivity index (χ1) is 9.00. The standard InChI is InChI=1S/C12H12N2O5/c1-14-8-4-2-3-5-9(8)19-6-7(11(14)16)13-10(15)12(17)18/h2-5,7H,6H2,1H3,(H,13,15)(H,17,18)/t7-/m0/s1. The Bertz CT molecular complexity index is 543. The molecular formula is C12H12N2O5. The number of ether oxygens (including phenoxy) is 1. The summed E-state index contributed by atoms with van der Waals surface area (Å²) < 4.78 is 5.41. The third kappa shape index (κ3) is 2.49. The number of nitrogens with zero attached hydrogens (tertiary/aromatic N) is 1. The van der Waals surface area contributed by atoms with E-state index in [1.165, 1.54) is 11.9 Å². The highest BCUT2D eigenvalue weighted by atomic mass is 16.5. The fraction of sp³-hybridized carbons (Fsp3) is 0.250. The normalized spacial score (nSPS) is 18.1. The van der Waals surface area contributed by atoms with Crippen LogP contribution in [0.3, 0.4) is 0 Å². The van der Waals surface area contributed by atoms with Crippen LogP contribution in [0.1, 0.15) is 0 Å². The zero-order valence-electron chi connectivity index (χ0n) is 10.1. The summed E-state index contributed by atoms with van der Waals surface area (Å²) in [6, 6.07) is 5.88. The number of anilines is 1. The van der Waals surface area contributed by atoms with Crippen LogP contribution in [0.5, 0.6) is 5.75 Å². The van der Waals surface area contributed by atoms with Crippen LogP contribution in [0.4, 0.5) is 5.69 Å². The molecule has 1 heterocycles. The van der Waals surface area contributed by atoms with Gasteiger partial charge >= 0.3 is 11.9 Å². The number of fused-ring (bicyclic) bond motifs is 1. The van der Waals surface area contributed by atoms with Gasteiger partial charge in [0.25, 0.3) is 5.91 Å². The summed E-state index contributed by atoms with van der Waals surface area (Å²) in [5.74, 6) is -2.80. The number of carbonyl (C=O) groups excluding carboxylic acids is 2. The Balaban J connectivity index is 2.22. The minimum Gasteiger partial charge on any atom is -0.489 e. The Morgan fingerprint density at radius 2 is 2.11 bits per heavy atom.